The van der Waals surface area contributed by atoms with Crippen LogP contribution >= 0.6 is 0 Å². The number of carbonyl (C=O) groups excluding carboxylic acids is 2. The van der Waals surface area contributed by atoms with Crippen molar-refractivity contribution in [2.75, 3.05) is 27.2 Å². The maximum atomic E-state index is 12.8. The second kappa shape index (κ2) is 7.55. The summed E-state index contributed by atoms with van der Waals surface area (Å²) in [5.41, 5.74) is 6.01. The predicted molar refractivity (Wildman–Crippen MR) is 88.6 cm³/mol. The van der Waals surface area contributed by atoms with Crippen LogP contribution in [0.4, 0.5) is 0 Å². The Morgan fingerprint density at radius 2 is 2.04 bits per heavy atom. The van der Waals surface area contributed by atoms with E-state index < -0.39 is 5.54 Å². The first-order valence-electron chi connectivity index (χ1n) is 8.12. The lowest BCUT2D eigenvalue weighted by molar-refractivity contribution is -0.149. The second-order valence-corrected chi connectivity index (χ2v) is 6.29. The van der Waals surface area contributed by atoms with Crippen molar-refractivity contribution in [3.8, 4) is 0 Å². The molecule has 1 aliphatic rings. The number of carbonyl (C=O) groups is 2. The highest BCUT2D eigenvalue weighted by molar-refractivity contribution is 5.92. The zero-order valence-electron chi connectivity index (χ0n) is 14.0. The molecule has 1 saturated heterocycles. The lowest BCUT2D eigenvalue weighted by atomic mass is 9.87. The van der Waals surface area contributed by atoms with Crippen LogP contribution in [0.5, 0.6) is 0 Å². The van der Waals surface area contributed by atoms with Crippen LogP contribution in [-0.2, 0) is 16.0 Å². The lowest BCUT2D eigenvalue weighted by Gasteiger charge is -2.39. The first kappa shape index (κ1) is 17.4. The van der Waals surface area contributed by atoms with E-state index in [4.69, 9.17) is 5.73 Å². The minimum absolute atomic E-state index is 0.00604. The van der Waals surface area contributed by atoms with Crippen LogP contribution in [0.25, 0.3) is 0 Å². The van der Waals surface area contributed by atoms with Gasteiger partial charge in [0.15, 0.2) is 0 Å². The standard InChI is InChI=1S/C17H26N4O2/c1-20(2)16(23)17(9-4-12-21(17)15(22)13-18)8-3-5-14-6-10-19-11-7-14/h6-7,10-11H,3-5,8-9,12-13,18H2,1-2H3/t17-/m0/s1. The number of pyridine rings is 1. The van der Waals surface area contributed by atoms with Crippen molar-refractivity contribution in [2.24, 2.45) is 5.73 Å². The van der Waals surface area contributed by atoms with Crippen molar-refractivity contribution in [1.82, 2.24) is 14.8 Å². The molecule has 6 heteroatoms. The Morgan fingerprint density at radius 1 is 1.35 bits per heavy atom. The van der Waals surface area contributed by atoms with Gasteiger partial charge in [0, 0.05) is 33.0 Å². The summed E-state index contributed by atoms with van der Waals surface area (Å²) in [4.78, 5) is 32.4. The molecule has 2 rings (SSSR count). The summed E-state index contributed by atoms with van der Waals surface area (Å²) in [6, 6.07) is 3.97. The molecule has 1 atom stereocenters. The predicted octanol–water partition coefficient (Wildman–Crippen LogP) is 0.812. The molecule has 0 aromatic carbocycles. The van der Waals surface area contributed by atoms with Crippen molar-refractivity contribution in [3.05, 3.63) is 30.1 Å². The van der Waals surface area contributed by atoms with Crippen molar-refractivity contribution >= 4 is 11.8 Å². The molecule has 2 heterocycles. The van der Waals surface area contributed by atoms with Gasteiger partial charge in [-0.15, -0.1) is 0 Å². The van der Waals surface area contributed by atoms with E-state index >= 15 is 0 Å². The highest BCUT2D eigenvalue weighted by atomic mass is 16.2. The minimum atomic E-state index is -0.729. The lowest BCUT2D eigenvalue weighted by Crippen LogP contribution is -2.58. The molecule has 1 aliphatic heterocycles. The van der Waals surface area contributed by atoms with Crippen LogP contribution in [0.1, 0.15) is 31.2 Å². The highest BCUT2D eigenvalue weighted by Crippen LogP contribution is 2.35. The molecule has 0 spiro atoms. The smallest absolute Gasteiger partial charge is 0.248 e. The number of hydrogen-bond acceptors (Lipinski definition) is 4. The Hall–Kier alpha value is -1.95. The Labute approximate surface area is 137 Å². The van der Waals surface area contributed by atoms with Crippen LogP contribution in [0.3, 0.4) is 0 Å². The summed E-state index contributed by atoms with van der Waals surface area (Å²) < 4.78 is 0. The summed E-state index contributed by atoms with van der Waals surface area (Å²) >= 11 is 0. The topological polar surface area (TPSA) is 79.5 Å². The van der Waals surface area contributed by atoms with E-state index in [9.17, 15) is 9.59 Å². The number of nitrogens with two attached hydrogens (primary N) is 1. The number of amides is 2. The Balaban J connectivity index is 2.14. The molecule has 0 radical (unpaired) electrons. The first-order chi connectivity index (χ1) is 11.0. The largest absolute Gasteiger partial charge is 0.347 e. The van der Waals surface area contributed by atoms with Crippen LogP contribution < -0.4 is 5.73 Å². The van der Waals surface area contributed by atoms with Gasteiger partial charge >= 0.3 is 0 Å². The SMILES string of the molecule is CN(C)C(=O)[C@]1(CCCc2ccncc2)CCCN1C(=O)CN. The number of rotatable bonds is 6. The molecule has 1 fully saturated rings. The van der Waals surface area contributed by atoms with E-state index in [2.05, 4.69) is 4.98 Å². The molecule has 0 unspecified atom stereocenters. The summed E-state index contributed by atoms with van der Waals surface area (Å²) in [5.74, 6) is -0.131. The van der Waals surface area contributed by atoms with Gasteiger partial charge in [0.1, 0.15) is 5.54 Å². The third-order valence-electron chi connectivity index (χ3n) is 4.57. The van der Waals surface area contributed by atoms with Gasteiger partial charge < -0.3 is 15.5 Å². The Bertz CT molecular complexity index is 547. The monoisotopic (exact) mass is 318 g/mol. The van der Waals surface area contributed by atoms with Gasteiger partial charge in [-0.2, -0.15) is 0 Å². The average Bonchev–Trinajstić information content (AvgIpc) is 2.99. The van der Waals surface area contributed by atoms with E-state index in [-0.39, 0.29) is 18.4 Å². The fourth-order valence-corrected chi connectivity index (χ4v) is 3.49. The summed E-state index contributed by atoms with van der Waals surface area (Å²) in [6.45, 7) is 0.567. The molecule has 1 aromatic rings. The summed E-state index contributed by atoms with van der Waals surface area (Å²) in [5, 5.41) is 0. The molecule has 126 valence electrons. The Kier molecular flexibility index (Phi) is 5.71. The molecular weight excluding hydrogens is 292 g/mol. The van der Waals surface area contributed by atoms with Gasteiger partial charge in [-0.1, -0.05) is 0 Å². The van der Waals surface area contributed by atoms with E-state index in [1.165, 1.54) is 5.56 Å². The fraction of sp³-hybridized carbons (Fsp3) is 0.588. The quantitative estimate of drug-likeness (QED) is 0.842. The van der Waals surface area contributed by atoms with E-state index in [0.29, 0.717) is 19.4 Å². The number of nitrogens with zero attached hydrogens (tertiary/aromatic N) is 3. The van der Waals surface area contributed by atoms with Crippen molar-refractivity contribution < 1.29 is 9.59 Å². The van der Waals surface area contributed by atoms with Gasteiger partial charge in [-0.3, -0.25) is 14.6 Å². The van der Waals surface area contributed by atoms with Crippen LogP contribution in [0.2, 0.25) is 0 Å². The maximum absolute atomic E-state index is 12.8. The zero-order chi connectivity index (χ0) is 16.9. The number of aryl methyl sites for hydroxylation is 1. The number of likely N-dealkylation sites (tertiary alicyclic amines) is 1. The van der Waals surface area contributed by atoms with Crippen LogP contribution in [-0.4, -0.2) is 59.3 Å². The molecule has 0 bridgehead atoms. The zero-order valence-corrected chi connectivity index (χ0v) is 14.0. The fourth-order valence-electron chi connectivity index (χ4n) is 3.49. The molecule has 2 amide bonds. The van der Waals surface area contributed by atoms with Crippen molar-refractivity contribution in [2.45, 2.75) is 37.6 Å². The van der Waals surface area contributed by atoms with Gasteiger partial charge in [-0.05, 0) is 49.8 Å². The molecule has 23 heavy (non-hydrogen) atoms. The van der Waals surface area contributed by atoms with Gasteiger partial charge in [-0.25, -0.2) is 0 Å². The van der Waals surface area contributed by atoms with Crippen molar-refractivity contribution in [1.29, 1.82) is 0 Å². The Morgan fingerprint density at radius 3 is 2.65 bits per heavy atom. The van der Waals surface area contributed by atoms with E-state index in [0.717, 1.165) is 19.3 Å². The van der Waals surface area contributed by atoms with Crippen molar-refractivity contribution in [3.63, 3.8) is 0 Å². The molecule has 0 saturated carbocycles. The molecule has 2 N–H and O–H groups in total. The highest BCUT2D eigenvalue weighted by Gasteiger charge is 2.49. The number of aromatic nitrogens is 1. The van der Waals surface area contributed by atoms with E-state index in [1.54, 1.807) is 36.3 Å². The second-order valence-electron chi connectivity index (χ2n) is 6.29. The third kappa shape index (κ3) is 3.69. The van der Waals surface area contributed by atoms with E-state index in [1.807, 2.05) is 12.1 Å². The van der Waals surface area contributed by atoms with Gasteiger partial charge in [0.25, 0.3) is 0 Å². The van der Waals surface area contributed by atoms with Crippen LogP contribution in [0, 0.1) is 0 Å². The summed E-state index contributed by atoms with van der Waals surface area (Å²) in [7, 11) is 3.49. The molecular formula is C17H26N4O2. The third-order valence-corrected chi connectivity index (χ3v) is 4.57. The molecule has 0 aliphatic carbocycles. The van der Waals surface area contributed by atoms with Crippen LogP contribution in [0.15, 0.2) is 24.5 Å². The average molecular weight is 318 g/mol. The number of hydrogen-bond donors (Lipinski definition) is 1. The van der Waals surface area contributed by atoms with Gasteiger partial charge in [0.2, 0.25) is 11.8 Å². The summed E-state index contributed by atoms with van der Waals surface area (Å²) in [6.07, 6.45) is 7.49. The molecule has 6 nitrogen and oxygen atoms in total. The number of likely N-dealkylation sites (N-methyl/N-ethyl adjacent to an activating group) is 1. The normalized spacial score (nSPS) is 20.6. The minimum Gasteiger partial charge on any atom is -0.347 e. The first-order valence-corrected chi connectivity index (χ1v) is 8.12. The van der Waals surface area contributed by atoms with Gasteiger partial charge in [0.05, 0.1) is 6.54 Å². The molecule has 1 aromatic heterocycles. The maximum Gasteiger partial charge on any atom is 0.248 e.